The molecule has 0 saturated heterocycles. The average molecular weight is 666 g/mol. The Balaban J connectivity index is 1.25. The van der Waals surface area contributed by atoms with E-state index in [1.54, 1.807) is 0 Å². The first-order chi connectivity index (χ1) is 25.5. The molecule has 1 heterocycles. The maximum atomic E-state index is 5.31. The molecule has 0 saturated carbocycles. The van der Waals surface area contributed by atoms with E-state index in [4.69, 9.17) is 15.0 Å². The lowest BCUT2D eigenvalue weighted by Gasteiger charge is -2.47. The minimum atomic E-state index is -0.490. The van der Waals surface area contributed by atoms with Gasteiger partial charge in [0.15, 0.2) is 17.5 Å². The molecule has 3 heteroatoms. The van der Waals surface area contributed by atoms with E-state index in [1.165, 1.54) is 50.1 Å². The number of rotatable bonds is 4. The van der Waals surface area contributed by atoms with Gasteiger partial charge in [0, 0.05) is 22.1 Å². The van der Waals surface area contributed by atoms with Gasteiger partial charge in [0.05, 0.1) is 5.41 Å². The van der Waals surface area contributed by atoms with Crippen LogP contribution in [0.5, 0.6) is 0 Å². The van der Waals surface area contributed by atoms with Crippen molar-refractivity contribution >= 4 is 0 Å². The predicted octanol–water partition coefficient (Wildman–Crippen LogP) is 11.5. The lowest BCUT2D eigenvalue weighted by atomic mass is 9.55. The van der Waals surface area contributed by atoms with E-state index >= 15 is 0 Å². The number of benzene rings is 7. The second-order valence-corrected chi connectivity index (χ2v) is 14.4. The van der Waals surface area contributed by atoms with Gasteiger partial charge < -0.3 is 0 Å². The summed E-state index contributed by atoms with van der Waals surface area (Å²) in [5, 5.41) is 0. The van der Waals surface area contributed by atoms with Crippen molar-refractivity contribution in [1.29, 1.82) is 0 Å². The highest BCUT2D eigenvalue weighted by Gasteiger charge is 2.53. The van der Waals surface area contributed by atoms with Crippen LogP contribution < -0.4 is 0 Å². The van der Waals surface area contributed by atoms with Crippen LogP contribution in [0.25, 0.3) is 56.4 Å². The molecule has 2 aliphatic carbocycles. The largest absolute Gasteiger partial charge is 0.208 e. The summed E-state index contributed by atoms with van der Waals surface area (Å²) in [6, 6.07) is 63.0. The third-order valence-corrected chi connectivity index (χ3v) is 11.2. The van der Waals surface area contributed by atoms with E-state index < -0.39 is 5.41 Å². The summed E-state index contributed by atoms with van der Waals surface area (Å²) in [6.07, 6.45) is 0. The van der Waals surface area contributed by atoms with E-state index in [2.05, 4.69) is 166 Å². The predicted molar refractivity (Wildman–Crippen MR) is 211 cm³/mol. The molecule has 0 aliphatic heterocycles. The lowest BCUT2D eigenvalue weighted by Crippen LogP contribution is -2.41. The Labute approximate surface area is 304 Å². The molecule has 10 rings (SSSR count). The summed E-state index contributed by atoms with van der Waals surface area (Å²) in [5.41, 5.74) is 14.8. The summed E-state index contributed by atoms with van der Waals surface area (Å²) in [4.78, 5) is 15.7. The van der Waals surface area contributed by atoms with Crippen molar-refractivity contribution in [1.82, 2.24) is 15.0 Å². The molecule has 0 atom stereocenters. The summed E-state index contributed by atoms with van der Waals surface area (Å²) in [7, 11) is 0. The van der Waals surface area contributed by atoms with Gasteiger partial charge in [-0.15, -0.1) is 0 Å². The van der Waals surface area contributed by atoms with Crippen molar-refractivity contribution < 1.29 is 0 Å². The Hall–Kier alpha value is -6.45. The van der Waals surface area contributed by atoms with Gasteiger partial charge in [-0.3, -0.25) is 0 Å². The minimum Gasteiger partial charge on any atom is -0.208 e. The number of fused-ring (bicyclic) bond motifs is 9. The maximum absolute atomic E-state index is 5.31. The second kappa shape index (κ2) is 11.5. The van der Waals surface area contributed by atoms with Crippen LogP contribution in [0.1, 0.15) is 47.2 Å². The Morgan fingerprint density at radius 1 is 0.308 bits per heavy atom. The van der Waals surface area contributed by atoms with Gasteiger partial charge >= 0.3 is 0 Å². The zero-order valence-corrected chi connectivity index (χ0v) is 29.1. The second-order valence-electron chi connectivity index (χ2n) is 14.4. The Morgan fingerprint density at radius 2 is 0.712 bits per heavy atom. The van der Waals surface area contributed by atoms with Crippen molar-refractivity contribution in [2.75, 3.05) is 0 Å². The highest BCUT2D eigenvalue weighted by molar-refractivity contribution is 5.89. The molecule has 0 radical (unpaired) electrons. The van der Waals surface area contributed by atoms with Gasteiger partial charge in [0.1, 0.15) is 0 Å². The first kappa shape index (κ1) is 30.4. The van der Waals surface area contributed by atoms with E-state index in [9.17, 15) is 0 Å². The van der Waals surface area contributed by atoms with Gasteiger partial charge in [-0.05, 0) is 55.6 Å². The monoisotopic (exact) mass is 665 g/mol. The van der Waals surface area contributed by atoms with Crippen LogP contribution in [0.4, 0.5) is 0 Å². The molecule has 1 spiro atoms. The fourth-order valence-electron chi connectivity index (χ4n) is 8.96. The molecule has 0 bridgehead atoms. The quantitative estimate of drug-likeness (QED) is 0.188. The van der Waals surface area contributed by atoms with Crippen LogP contribution in [0.15, 0.2) is 176 Å². The van der Waals surface area contributed by atoms with Crippen molar-refractivity contribution in [3.05, 3.63) is 209 Å². The summed E-state index contributed by atoms with van der Waals surface area (Å²) in [5.74, 6) is 1.99. The van der Waals surface area contributed by atoms with Crippen LogP contribution in [0, 0.1) is 0 Å². The SMILES string of the molecule is CC1(C)c2ccccc2C2(c3ccccc3-c3ccccc32)c2cccc(-c3nc(-c4ccccc4)nc(-c4ccc(-c5ccccc5)cc4)n3)c21. The average Bonchev–Trinajstić information content (AvgIpc) is 3.51. The molecule has 7 aromatic carbocycles. The molecule has 0 fully saturated rings. The topological polar surface area (TPSA) is 38.7 Å². The molecule has 3 nitrogen and oxygen atoms in total. The molecule has 246 valence electrons. The third kappa shape index (κ3) is 4.36. The number of hydrogen-bond donors (Lipinski definition) is 0. The maximum Gasteiger partial charge on any atom is 0.164 e. The zero-order chi connectivity index (χ0) is 34.9. The minimum absolute atomic E-state index is 0.350. The normalized spacial score (nSPS) is 14.3. The zero-order valence-electron chi connectivity index (χ0n) is 29.1. The van der Waals surface area contributed by atoms with E-state index in [-0.39, 0.29) is 5.41 Å². The van der Waals surface area contributed by atoms with E-state index in [0.29, 0.717) is 17.5 Å². The molecule has 0 N–H and O–H groups in total. The molecule has 52 heavy (non-hydrogen) atoms. The highest BCUT2D eigenvalue weighted by Crippen LogP contribution is 2.63. The fraction of sp³-hybridized carbons (Fsp3) is 0.0816. The van der Waals surface area contributed by atoms with Gasteiger partial charge in [0.2, 0.25) is 0 Å². The van der Waals surface area contributed by atoms with Crippen molar-refractivity contribution in [3.63, 3.8) is 0 Å². The van der Waals surface area contributed by atoms with Crippen LogP contribution >= 0.6 is 0 Å². The third-order valence-electron chi connectivity index (χ3n) is 11.2. The van der Waals surface area contributed by atoms with E-state index in [0.717, 1.165) is 22.3 Å². The summed E-state index contributed by atoms with van der Waals surface area (Å²) < 4.78 is 0. The van der Waals surface area contributed by atoms with Gasteiger partial charge in [-0.25, -0.2) is 15.0 Å². The lowest BCUT2D eigenvalue weighted by molar-refractivity contribution is 0.564. The molecule has 1 aromatic heterocycles. The van der Waals surface area contributed by atoms with Crippen LogP contribution in [-0.2, 0) is 10.8 Å². The van der Waals surface area contributed by atoms with Crippen LogP contribution in [0.2, 0.25) is 0 Å². The van der Waals surface area contributed by atoms with Crippen LogP contribution in [-0.4, -0.2) is 15.0 Å². The van der Waals surface area contributed by atoms with Gasteiger partial charge in [-0.2, -0.15) is 0 Å². The highest BCUT2D eigenvalue weighted by atomic mass is 15.0. The van der Waals surface area contributed by atoms with Crippen molar-refractivity contribution in [3.8, 4) is 56.4 Å². The Morgan fingerprint density at radius 3 is 1.33 bits per heavy atom. The first-order valence-corrected chi connectivity index (χ1v) is 18.0. The van der Waals surface area contributed by atoms with Gasteiger partial charge in [-0.1, -0.05) is 190 Å². The summed E-state index contributed by atoms with van der Waals surface area (Å²) >= 11 is 0. The van der Waals surface area contributed by atoms with Crippen molar-refractivity contribution in [2.24, 2.45) is 0 Å². The molecular weight excluding hydrogens is 631 g/mol. The molecule has 8 aromatic rings. The number of nitrogens with zero attached hydrogens (tertiary/aromatic N) is 3. The smallest absolute Gasteiger partial charge is 0.164 e. The number of aromatic nitrogens is 3. The van der Waals surface area contributed by atoms with Crippen molar-refractivity contribution in [2.45, 2.75) is 24.7 Å². The molecule has 0 unspecified atom stereocenters. The number of hydrogen-bond acceptors (Lipinski definition) is 3. The molecular formula is C49H35N3. The summed E-state index contributed by atoms with van der Waals surface area (Å²) in [6.45, 7) is 4.71. The first-order valence-electron chi connectivity index (χ1n) is 18.0. The molecule has 0 amide bonds. The van der Waals surface area contributed by atoms with Crippen LogP contribution in [0.3, 0.4) is 0 Å². The Kier molecular flexibility index (Phi) is 6.74. The molecule has 2 aliphatic rings. The van der Waals surface area contributed by atoms with Gasteiger partial charge in [0.25, 0.3) is 0 Å². The standard InChI is InChI=1S/C49H35N3/c1-48(2)41-25-13-14-26-42(41)49(39-23-11-9-20-36(39)37-21-10-12-24-40(37)49)43-27-15-22-38(44(43)48)47-51-45(34-18-7-4-8-19-34)50-46(52-47)35-30-28-33(29-31-35)32-16-5-3-6-17-32/h3-31H,1-2H3. The Bertz CT molecular complexity index is 2590. The fourth-order valence-corrected chi connectivity index (χ4v) is 8.96. The van der Waals surface area contributed by atoms with E-state index in [1.807, 2.05) is 24.3 Å².